The molecule has 1 fully saturated rings. The van der Waals surface area contributed by atoms with Gasteiger partial charge in [0.2, 0.25) is 5.91 Å². The molecule has 0 aromatic heterocycles. The second kappa shape index (κ2) is 6.51. The summed E-state index contributed by atoms with van der Waals surface area (Å²) in [5.41, 5.74) is 0. The van der Waals surface area contributed by atoms with Crippen LogP contribution in [-0.4, -0.2) is 25.5 Å². The van der Waals surface area contributed by atoms with Crippen LogP contribution in [0.25, 0.3) is 0 Å². The molecular weight excluding hydrogens is 206 g/mol. The van der Waals surface area contributed by atoms with E-state index in [9.17, 15) is 9.59 Å². The van der Waals surface area contributed by atoms with E-state index in [1.165, 1.54) is 7.11 Å². The van der Waals surface area contributed by atoms with Crippen LogP contribution in [0.2, 0.25) is 0 Å². The van der Waals surface area contributed by atoms with E-state index in [0.29, 0.717) is 5.92 Å². The monoisotopic (exact) mass is 227 g/mol. The Hall–Kier alpha value is -1.06. The molecule has 0 spiro atoms. The van der Waals surface area contributed by atoms with Crippen LogP contribution in [0.4, 0.5) is 0 Å². The number of carbonyl (C=O) groups excluding carboxylic acids is 2. The first-order chi connectivity index (χ1) is 7.69. The molecule has 16 heavy (non-hydrogen) atoms. The molecule has 92 valence electrons. The van der Waals surface area contributed by atoms with Crippen LogP contribution in [0.15, 0.2) is 0 Å². The van der Waals surface area contributed by atoms with Gasteiger partial charge in [-0.05, 0) is 25.2 Å². The number of methoxy groups -OCH3 is 1. The van der Waals surface area contributed by atoms with Crippen molar-refractivity contribution in [3.63, 3.8) is 0 Å². The van der Waals surface area contributed by atoms with Crippen molar-refractivity contribution < 1.29 is 14.3 Å². The zero-order valence-corrected chi connectivity index (χ0v) is 10.1. The highest BCUT2D eigenvalue weighted by Crippen LogP contribution is 2.34. The Kier molecular flexibility index (Phi) is 5.29. The number of rotatable bonds is 5. The molecule has 0 aromatic rings. The van der Waals surface area contributed by atoms with E-state index in [1.807, 2.05) is 0 Å². The quantitative estimate of drug-likeness (QED) is 0.724. The lowest BCUT2D eigenvalue weighted by molar-refractivity contribution is -0.141. The summed E-state index contributed by atoms with van der Waals surface area (Å²) in [5.74, 6) is 0.229. The summed E-state index contributed by atoms with van der Waals surface area (Å²) in [6.45, 7) is 2.13. The normalized spacial score (nSPS) is 24.1. The minimum Gasteiger partial charge on any atom is -0.468 e. The Balaban J connectivity index is 2.37. The average molecular weight is 227 g/mol. The van der Waals surface area contributed by atoms with Crippen molar-refractivity contribution in [2.75, 3.05) is 13.7 Å². The van der Waals surface area contributed by atoms with Gasteiger partial charge in [0.25, 0.3) is 0 Å². The smallest absolute Gasteiger partial charge is 0.325 e. The molecule has 1 N–H and O–H groups in total. The van der Waals surface area contributed by atoms with Crippen molar-refractivity contribution in [1.82, 2.24) is 5.32 Å². The Bertz CT molecular complexity index is 253. The van der Waals surface area contributed by atoms with Crippen LogP contribution in [0, 0.1) is 11.8 Å². The molecule has 1 unspecified atom stereocenters. The maximum Gasteiger partial charge on any atom is 0.325 e. The van der Waals surface area contributed by atoms with Crippen molar-refractivity contribution >= 4 is 11.9 Å². The Morgan fingerprint density at radius 2 is 2.12 bits per heavy atom. The van der Waals surface area contributed by atoms with E-state index in [4.69, 9.17) is 0 Å². The molecule has 1 rings (SSSR count). The standard InChI is InChI=1S/C12H21NO3/c1-3-5-9-6-4-7-10(9)12(15)13-8-11(14)16-2/h9-10H,3-8H2,1-2H3,(H,13,15)/t9?,10-/m0/s1. The molecule has 0 heterocycles. The van der Waals surface area contributed by atoms with E-state index in [2.05, 4.69) is 17.0 Å². The van der Waals surface area contributed by atoms with Crippen molar-refractivity contribution in [2.24, 2.45) is 11.8 Å². The summed E-state index contributed by atoms with van der Waals surface area (Å²) >= 11 is 0. The van der Waals surface area contributed by atoms with E-state index in [0.717, 1.165) is 32.1 Å². The number of carbonyl (C=O) groups is 2. The second-order valence-electron chi connectivity index (χ2n) is 4.38. The third-order valence-corrected chi connectivity index (χ3v) is 3.29. The van der Waals surface area contributed by atoms with Gasteiger partial charge in [0.1, 0.15) is 6.54 Å². The van der Waals surface area contributed by atoms with Gasteiger partial charge in [-0.3, -0.25) is 9.59 Å². The molecule has 2 atom stereocenters. The first-order valence-electron chi connectivity index (χ1n) is 6.03. The van der Waals surface area contributed by atoms with Crippen LogP contribution < -0.4 is 5.32 Å². The fraction of sp³-hybridized carbons (Fsp3) is 0.833. The fourth-order valence-corrected chi connectivity index (χ4v) is 2.46. The molecule has 0 aromatic carbocycles. The highest BCUT2D eigenvalue weighted by atomic mass is 16.5. The molecule has 4 nitrogen and oxygen atoms in total. The summed E-state index contributed by atoms with van der Waals surface area (Å²) in [7, 11) is 1.32. The van der Waals surface area contributed by atoms with E-state index in [-0.39, 0.29) is 18.4 Å². The molecule has 0 radical (unpaired) electrons. The number of ether oxygens (including phenoxy) is 1. The van der Waals surface area contributed by atoms with Gasteiger partial charge in [-0.25, -0.2) is 0 Å². The van der Waals surface area contributed by atoms with Crippen LogP contribution in [0.3, 0.4) is 0 Å². The molecule has 1 saturated carbocycles. The summed E-state index contributed by atoms with van der Waals surface area (Å²) < 4.78 is 4.48. The summed E-state index contributed by atoms with van der Waals surface area (Å²) in [6.07, 6.45) is 5.45. The number of nitrogens with one attached hydrogen (secondary N) is 1. The minimum absolute atomic E-state index is 0.00925. The van der Waals surface area contributed by atoms with Gasteiger partial charge < -0.3 is 10.1 Å². The number of hydrogen-bond acceptors (Lipinski definition) is 3. The Labute approximate surface area is 96.7 Å². The average Bonchev–Trinajstić information content (AvgIpc) is 2.74. The molecule has 0 bridgehead atoms. The lowest BCUT2D eigenvalue weighted by Gasteiger charge is -2.17. The van der Waals surface area contributed by atoms with E-state index in [1.54, 1.807) is 0 Å². The number of hydrogen-bond donors (Lipinski definition) is 1. The predicted octanol–water partition coefficient (Wildman–Crippen LogP) is 1.49. The molecule has 0 saturated heterocycles. The summed E-state index contributed by atoms with van der Waals surface area (Å²) in [6, 6.07) is 0. The molecule has 1 aliphatic rings. The number of amides is 1. The third-order valence-electron chi connectivity index (χ3n) is 3.29. The van der Waals surface area contributed by atoms with Crippen molar-refractivity contribution in [3.8, 4) is 0 Å². The van der Waals surface area contributed by atoms with E-state index >= 15 is 0 Å². The molecule has 1 aliphatic carbocycles. The lowest BCUT2D eigenvalue weighted by atomic mass is 9.91. The maximum absolute atomic E-state index is 11.8. The fourth-order valence-electron chi connectivity index (χ4n) is 2.46. The molecule has 1 amide bonds. The second-order valence-corrected chi connectivity index (χ2v) is 4.38. The molecule has 0 aliphatic heterocycles. The Morgan fingerprint density at radius 1 is 1.38 bits per heavy atom. The first kappa shape index (κ1) is 13.0. The van der Waals surface area contributed by atoms with Crippen LogP contribution in [0.5, 0.6) is 0 Å². The van der Waals surface area contributed by atoms with Gasteiger partial charge in [0.15, 0.2) is 0 Å². The van der Waals surface area contributed by atoms with Gasteiger partial charge in [-0.15, -0.1) is 0 Å². The highest BCUT2D eigenvalue weighted by molar-refractivity contribution is 5.83. The summed E-state index contributed by atoms with van der Waals surface area (Å²) in [4.78, 5) is 22.7. The largest absolute Gasteiger partial charge is 0.468 e. The van der Waals surface area contributed by atoms with Gasteiger partial charge in [-0.1, -0.05) is 19.8 Å². The SMILES string of the molecule is CCCC1CCC[C@@H]1C(=O)NCC(=O)OC. The van der Waals surface area contributed by atoms with Gasteiger partial charge in [0, 0.05) is 5.92 Å². The Morgan fingerprint density at radius 3 is 2.75 bits per heavy atom. The lowest BCUT2D eigenvalue weighted by Crippen LogP contribution is -2.36. The van der Waals surface area contributed by atoms with Crippen LogP contribution in [0.1, 0.15) is 39.0 Å². The topological polar surface area (TPSA) is 55.4 Å². The zero-order valence-electron chi connectivity index (χ0n) is 10.1. The van der Waals surface area contributed by atoms with Gasteiger partial charge >= 0.3 is 5.97 Å². The van der Waals surface area contributed by atoms with Gasteiger partial charge in [0.05, 0.1) is 7.11 Å². The van der Waals surface area contributed by atoms with Crippen molar-refractivity contribution in [1.29, 1.82) is 0 Å². The van der Waals surface area contributed by atoms with Gasteiger partial charge in [-0.2, -0.15) is 0 Å². The maximum atomic E-state index is 11.8. The highest BCUT2D eigenvalue weighted by Gasteiger charge is 2.32. The molecular formula is C12H21NO3. The van der Waals surface area contributed by atoms with Crippen molar-refractivity contribution in [3.05, 3.63) is 0 Å². The van der Waals surface area contributed by atoms with Crippen LogP contribution in [-0.2, 0) is 14.3 Å². The molecule has 4 heteroatoms. The third kappa shape index (κ3) is 3.51. The number of esters is 1. The van der Waals surface area contributed by atoms with Crippen molar-refractivity contribution in [2.45, 2.75) is 39.0 Å². The van der Waals surface area contributed by atoms with Crippen LogP contribution >= 0.6 is 0 Å². The summed E-state index contributed by atoms with van der Waals surface area (Å²) in [5, 5.41) is 2.65. The zero-order chi connectivity index (χ0) is 12.0. The van der Waals surface area contributed by atoms with E-state index < -0.39 is 5.97 Å². The minimum atomic E-state index is -0.390. The first-order valence-corrected chi connectivity index (χ1v) is 6.03. The predicted molar refractivity (Wildman–Crippen MR) is 60.8 cm³/mol.